The lowest BCUT2D eigenvalue weighted by Crippen LogP contribution is -2.22. The van der Waals surface area contributed by atoms with Gasteiger partial charge in [-0.15, -0.1) is 0 Å². The molecule has 90 valence electrons. The summed E-state index contributed by atoms with van der Waals surface area (Å²) in [7, 11) is 0. The van der Waals surface area contributed by atoms with E-state index in [0.29, 0.717) is 12.6 Å². The monoisotopic (exact) mass is 221 g/mol. The topological polar surface area (TPSA) is 32.3 Å². The molecule has 0 amide bonds. The molecule has 0 aromatic heterocycles. The van der Waals surface area contributed by atoms with E-state index in [1.807, 2.05) is 0 Å². The fraction of sp³-hybridized carbons (Fsp3) is 0.571. The maximum absolute atomic E-state index is 8.75. The van der Waals surface area contributed by atoms with Crippen molar-refractivity contribution in [1.82, 2.24) is 5.32 Å². The number of benzene rings is 1. The van der Waals surface area contributed by atoms with Crippen LogP contribution in [0.15, 0.2) is 24.3 Å². The first-order chi connectivity index (χ1) is 7.45. The van der Waals surface area contributed by atoms with E-state index in [4.69, 9.17) is 5.11 Å². The molecule has 0 radical (unpaired) electrons. The fourth-order valence-electron chi connectivity index (χ4n) is 1.67. The number of aliphatic hydroxyl groups excluding tert-OH is 1. The highest BCUT2D eigenvalue weighted by molar-refractivity contribution is 5.28. The summed E-state index contributed by atoms with van der Waals surface area (Å²) in [5.41, 5.74) is 2.83. The van der Waals surface area contributed by atoms with Gasteiger partial charge in [-0.1, -0.05) is 45.0 Å². The van der Waals surface area contributed by atoms with Gasteiger partial charge < -0.3 is 10.4 Å². The van der Waals surface area contributed by atoms with E-state index >= 15 is 0 Å². The third-order valence-electron chi connectivity index (χ3n) is 2.84. The number of rotatable bonds is 4. The first-order valence-corrected chi connectivity index (χ1v) is 5.90. The van der Waals surface area contributed by atoms with E-state index in [1.165, 1.54) is 11.1 Å². The maximum Gasteiger partial charge on any atom is 0.0556 e. The molecular weight excluding hydrogens is 198 g/mol. The predicted molar refractivity (Wildman–Crippen MR) is 68.6 cm³/mol. The average Bonchev–Trinajstić information content (AvgIpc) is 2.25. The molecule has 2 N–H and O–H groups in total. The van der Waals surface area contributed by atoms with Gasteiger partial charge in [-0.05, 0) is 23.5 Å². The minimum atomic E-state index is 0.185. The summed E-state index contributed by atoms with van der Waals surface area (Å²) in [5.74, 6) is 0. The van der Waals surface area contributed by atoms with Gasteiger partial charge in [-0.3, -0.25) is 0 Å². The van der Waals surface area contributed by atoms with Crippen molar-refractivity contribution in [2.45, 2.75) is 39.2 Å². The van der Waals surface area contributed by atoms with E-state index in [1.54, 1.807) is 0 Å². The Morgan fingerprint density at radius 2 is 1.75 bits per heavy atom. The molecule has 1 unspecified atom stereocenters. The van der Waals surface area contributed by atoms with Crippen LogP contribution < -0.4 is 5.32 Å². The molecule has 2 heteroatoms. The van der Waals surface area contributed by atoms with Crippen molar-refractivity contribution in [2.24, 2.45) is 0 Å². The molecule has 1 rings (SSSR count). The second-order valence-electron chi connectivity index (χ2n) is 5.27. The number of hydrogen-bond acceptors (Lipinski definition) is 2. The lowest BCUT2D eigenvalue weighted by molar-refractivity contribution is 0.286. The van der Waals surface area contributed by atoms with Gasteiger partial charge in [0.25, 0.3) is 0 Å². The molecule has 0 bridgehead atoms. The first kappa shape index (κ1) is 13.2. The standard InChI is InChI=1S/C14H23NO/c1-11(15-9-10-16)12-5-7-13(8-6-12)14(2,3)4/h5-8,11,15-16H,9-10H2,1-4H3. The zero-order valence-corrected chi connectivity index (χ0v) is 10.7. The number of hydrogen-bond donors (Lipinski definition) is 2. The second kappa shape index (κ2) is 5.46. The quantitative estimate of drug-likeness (QED) is 0.819. The maximum atomic E-state index is 8.75. The molecule has 0 fully saturated rings. The highest BCUT2D eigenvalue weighted by atomic mass is 16.3. The number of aliphatic hydroxyl groups is 1. The Morgan fingerprint density at radius 1 is 1.19 bits per heavy atom. The van der Waals surface area contributed by atoms with Crippen molar-refractivity contribution >= 4 is 0 Å². The number of nitrogens with one attached hydrogen (secondary N) is 1. The predicted octanol–water partition coefficient (Wildman–Crippen LogP) is 2.63. The van der Waals surface area contributed by atoms with Crippen LogP contribution in [0, 0.1) is 0 Å². The van der Waals surface area contributed by atoms with E-state index in [-0.39, 0.29) is 12.0 Å². The molecule has 1 aromatic carbocycles. The van der Waals surface area contributed by atoms with Crippen LogP contribution in [0.5, 0.6) is 0 Å². The van der Waals surface area contributed by atoms with Gasteiger partial charge in [0, 0.05) is 12.6 Å². The molecule has 0 aliphatic heterocycles. The molecule has 0 heterocycles. The van der Waals surface area contributed by atoms with E-state index in [0.717, 1.165) is 0 Å². The van der Waals surface area contributed by atoms with Crippen molar-refractivity contribution in [3.8, 4) is 0 Å². The third-order valence-corrected chi connectivity index (χ3v) is 2.84. The lowest BCUT2D eigenvalue weighted by Gasteiger charge is -2.20. The van der Waals surface area contributed by atoms with Crippen molar-refractivity contribution in [3.05, 3.63) is 35.4 Å². The fourth-order valence-corrected chi connectivity index (χ4v) is 1.67. The molecular formula is C14H23NO. The summed E-state index contributed by atoms with van der Waals surface area (Å²) in [6.07, 6.45) is 0. The van der Waals surface area contributed by atoms with Gasteiger partial charge >= 0.3 is 0 Å². The largest absolute Gasteiger partial charge is 0.395 e. The average molecular weight is 221 g/mol. The smallest absolute Gasteiger partial charge is 0.0556 e. The van der Waals surface area contributed by atoms with Crippen LogP contribution in [0.3, 0.4) is 0 Å². The van der Waals surface area contributed by atoms with Crippen molar-refractivity contribution in [1.29, 1.82) is 0 Å². The van der Waals surface area contributed by atoms with E-state index in [2.05, 4.69) is 57.3 Å². The first-order valence-electron chi connectivity index (χ1n) is 5.90. The summed E-state index contributed by atoms with van der Waals surface area (Å²) >= 11 is 0. The molecule has 1 atom stereocenters. The van der Waals surface area contributed by atoms with E-state index < -0.39 is 0 Å². The van der Waals surface area contributed by atoms with Crippen molar-refractivity contribution < 1.29 is 5.11 Å². The van der Waals surface area contributed by atoms with Crippen LogP contribution >= 0.6 is 0 Å². The highest BCUT2D eigenvalue weighted by Gasteiger charge is 2.13. The molecule has 2 nitrogen and oxygen atoms in total. The zero-order chi connectivity index (χ0) is 12.2. The van der Waals surface area contributed by atoms with Crippen LogP contribution in [-0.2, 0) is 5.41 Å². The Labute approximate surface area is 98.7 Å². The molecule has 0 aliphatic carbocycles. The highest BCUT2D eigenvalue weighted by Crippen LogP contribution is 2.23. The van der Waals surface area contributed by atoms with Gasteiger partial charge in [-0.2, -0.15) is 0 Å². The Morgan fingerprint density at radius 3 is 2.19 bits per heavy atom. The Kier molecular flexibility index (Phi) is 4.51. The molecule has 16 heavy (non-hydrogen) atoms. The minimum absolute atomic E-state index is 0.185. The second-order valence-corrected chi connectivity index (χ2v) is 5.27. The Hall–Kier alpha value is -0.860. The Bertz CT molecular complexity index is 311. The van der Waals surface area contributed by atoms with Gasteiger partial charge in [-0.25, -0.2) is 0 Å². The normalized spacial score (nSPS) is 13.8. The van der Waals surface area contributed by atoms with Gasteiger partial charge in [0.2, 0.25) is 0 Å². The lowest BCUT2D eigenvalue weighted by atomic mass is 9.86. The van der Waals surface area contributed by atoms with Crippen LogP contribution in [0.1, 0.15) is 44.9 Å². The summed E-state index contributed by atoms with van der Waals surface area (Å²) in [4.78, 5) is 0. The SMILES string of the molecule is CC(NCCO)c1ccc(C(C)(C)C)cc1. The van der Waals surface area contributed by atoms with Crippen molar-refractivity contribution in [2.75, 3.05) is 13.2 Å². The van der Waals surface area contributed by atoms with Crippen molar-refractivity contribution in [3.63, 3.8) is 0 Å². The molecule has 0 spiro atoms. The molecule has 0 saturated carbocycles. The van der Waals surface area contributed by atoms with Gasteiger partial charge in [0.05, 0.1) is 6.61 Å². The molecule has 1 aromatic rings. The summed E-state index contributed by atoms with van der Waals surface area (Å²) in [6, 6.07) is 8.99. The third kappa shape index (κ3) is 3.62. The van der Waals surface area contributed by atoms with Crippen LogP contribution in [-0.4, -0.2) is 18.3 Å². The zero-order valence-electron chi connectivity index (χ0n) is 10.7. The van der Waals surface area contributed by atoms with Crippen LogP contribution in [0.2, 0.25) is 0 Å². The molecule has 0 aliphatic rings. The summed E-state index contributed by atoms with van der Waals surface area (Å²) in [6.45, 7) is 9.59. The van der Waals surface area contributed by atoms with Crippen LogP contribution in [0.25, 0.3) is 0 Å². The van der Waals surface area contributed by atoms with Gasteiger partial charge in [0.1, 0.15) is 0 Å². The van der Waals surface area contributed by atoms with Gasteiger partial charge in [0.15, 0.2) is 0 Å². The van der Waals surface area contributed by atoms with E-state index in [9.17, 15) is 0 Å². The summed E-state index contributed by atoms with van der Waals surface area (Å²) in [5, 5.41) is 12.0. The minimum Gasteiger partial charge on any atom is -0.395 e. The Balaban J connectivity index is 2.71. The molecule has 0 saturated heterocycles. The van der Waals surface area contributed by atoms with Crippen LogP contribution in [0.4, 0.5) is 0 Å². The summed E-state index contributed by atoms with van der Waals surface area (Å²) < 4.78 is 0.